The third-order valence-electron chi connectivity index (χ3n) is 7.80. The molecule has 1 fully saturated rings. The van der Waals surface area contributed by atoms with E-state index in [1.54, 1.807) is 0 Å². The Bertz CT molecular complexity index is 1410. The highest BCUT2D eigenvalue weighted by Gasteiger charge is 2.30. The lowest BCUT2D eigenvalue weighted by molar-refractivity contribution is -0.126. The van der Waals surface area contributed by atoms with E-state index in [0.717, 1.165) is 43.0 Å². The van der Waals surface area contributed by atoms with Crippen LogP contribution >= 0.6 is 34.8 Å². The minimum absolute atomic E-state index is 0.0220. The van der Waals surface area contributed by atoms with Gasteiger partial charge in [-0.05, 0) is 67.8 Å². The van der Waals surface area contributed by atoms with Gasteiger partial charge in [-0.2, -0.15) is 4.31 Å². The fraction of sp³-hybridized carbons (Fsp3) is 0.406. The van der Waals surface area contributed by atoms with Crippen LogP contribution in [0.3, 0.4) is 0 Å². The van der Waals surface area contributed by atoms with E-state index < -0.39 is 10.0 Å². The lowest BCUT2D eigenvalue weighted by Gasteiger charge is -2.35. The molecular weight excluding hydrogens is 629 g/mol. The highest BCUT2D eigenvalue weighted by atomic mass is 35.5. The minimum atomic E-state index is -3.97. The van der Waals surface area contributed by atoms with Crippen LogP contribution in [0.15, 0.2) is 77.7 Å². The number of halogens is 3. The van der Waals surface area contributed by atoms with E-state index in [1.165, 1.54) is 30.3 Å². The summed E-state index contributed by atoms with van der Waals surface area (Å²) in [5.74, 6) is 0.265. The second kappa shape index (κ2) is 16.2. The molecule has 0 aromatic heterocycles. The molecule has 0 bridgehead atoms. The number of carbonyl (C=O) groups is 1. The predicted octanol–water partition coefficient (Wildman–Crippen LogP) is 6.53. The number of amides is 1. The Kier molecular flexibility index (Phi) is 12.7. The van der Waals surface area contributed by atoms with Crippen LogP contribution in [-0.4, -0.2) is 58.0 Å². The van der Waals surface area contributed by atoms with Gasteiger partial charge >= 0.3 is 0 Å². The number of hydrogen-bond acceptors (Lipinski definition) is 5. The van der Waals surface area contributed by atoms with Crippen LogP contribution in [0.25, 0.3) is 0 Å². The van der Waals surface area contributed by atoms with Crippen molar-refractivity contribution in [2.45, 2.75) is 49.1 Å². The number of benzene rings is 3. The first-order valence-corrected chi connectivity index (χ1v) is 17.0. The summed E-state index contributed by atoms with van der Waals surface area (Å²) in [6, 6.07) is 24.1. The summed E-state index contributed by atoms with van der Waals surface area (Å²) in [6.45, 7) is 0.804. The Hall–Kier alpha value is -2.17. The van der Waals surface area contributed by atoms with Crippen LogP contribution < -0.4 is 10.6 Å². The molecule has 2 N–H and O–H groups in total. The van der Waals surface area contributed by atoms with Crippen molar-refractivity contribution in [1.82, 2.24) is 14.9 Å². The number of ether oxygens (including phenoxy) is 1. The van der Waals surface area contributed by atoms with Crippen molar-refractivity contribution in [3.63, 3.8) is 0 Å². The Morgan fingerprint density at radius 2 is 1.56 bits per heavy atom. The molecule has 232 valence electrons. The molecule has 1 atom stereocenters. The Balaban J connectivity index is 1.20. The fourth-order valence-corrected chi connectivity index (χ4v) is 8.15. The second-order valence-corrected chi connectivity index (χ2v) is 14.1. The number of nitrogens with one attached hydrogen (secondary N) is 2. The second-order valence-electron chi connectivity index (χ2n) is 10.8. The molecule has 1 saturated carbocycles. The number of hydrogen-bond donors (Lipinski definition) is 2. The molecule has 3 aromatic carbocycles. The van der Waals surface area contributed by atoms with Gasteiger partial charge in [-0.15, -0.1) is 0 Å². The molecule has 1 unspecified atom stereocenters. The number of carbonyl (C=O) groups excluding carboxylic acids is 1. The molecule has 0 aliphatic heterocycles. The Morgan fingerprint density at radius 1 is 0.953 bits per heavy atom. The van der Waals surface area contributed by atoms with Gasteiger partial charge in [0.05, 0.1) is 16.7 Å². The zero-order chi connectivity index (χ0) is 30.8. The number of nitrogens with zero attached hydrogens (tertiary/aromatic N) is 1. The Morgan fingerprint density at radius 3 is 2.19 bits per heavy atom. The average Bonchev–Trinajstić information content (AvgIpc) is 2.98. The molecule has 1 aliphatic rings. The van der Waals surface area contributed by atoms with Gasteiger partial charge in [0.1, 0.15) is 11.5 Å². The highest BCUT2D eigenvalue weighted by Crippen LogP contribution is 2.35. The molecule has 0 saturated heterocycles. The van der Waals surface area contributed by atoms with Gasteiger partial charge in [0.2, 0.25) is 15.9 Å². The van der Waals surface area contributed by atoms with E-state index in [0.29, 0.717) is 5.92 Å². The number of rotatable bonds is 14. The van der Waals surface area contributed by atoms with Crippen LogP contribution in [0.5, 0.6) is 0 Å². The van der Waals surface area contributed by atoms with Gasteiger partial charge < -0.3 is 15.4 Å². The largest absolute Gasteiger partial charge is 0.370 e. The maximum Gasteiger partial charge on any atom is 0.246 e. The lowest BCUT2D eigenvalue weighted by atomic mass is 9.79. The van der Waals surface area contributed by atoms with E-state index in [1.807, 2.05) is 12.1 Å². The third-order valence-corrected chi connectivity index (χ3v) is 10.8. The molecule has 11 heteroatoms. The standard InChI is InChI=1S/C32H38Cl3N3O4S/c1-38(43(40,41)32-28(34)20-26(33)21-29(32)35)18-19-42-22-30(39)37-27-14-12-25(13-15-27)31(24-10-6-3-7-11-24)36-17-16-23-8-4-2-5-9-23/h2-11,20-21,25,27,31,36H,12-19,22H2,1H3,(H,37,39). The maximum absolute atomic E-state index is 12.9. The van der Waals surface area contributed by atoms with E-state index in [-0.39, 0.29) is 57.7 Å². The van der Waals surface area contributed by atoms with E-state index in [2.05, 4.69) is 59.2 Å². The summed E-state index contributed by atoms with van der Waals surface area (Å²) in [7, 11) is -2.57. The topological polar surface area (TPSA) is 87.7 Å². The summed E-state index contributed by atoms with van der Waals surface area (Å²) in [5, 5.41) is 7.02. The van der Waals surface area contributed by atoms with E-state index >= 15 is 0 Å². The van der Waals surface area contributed by atoms with Crippen LogP contribution in [-0.2, 0) is 26.0 Å². The van der Waals surface area contributed by atoms with Crippen LogP contribution in [0.1, 0.15) is 42.9 Å². The SMILES string of the molecule is CN(CCOCC(=O)NC1CCC(C(NCCc2ccccc2)c2ccccc2)CC1)S(=O)(=O)c1c(Cl)cc(Cl)cc1Cl. The molecule has 0 spiro atoms. The first-order valence-electron chi connectivity index (χ1n) is 14.5. The van der Waals surface area contributed by atoms with Crippen molar-refractivity contribution in [3.05, 3.63) is 99.0 Å². The minimum Gasteiger partial charge on any atom is -0.370 e. The zero-order valence-electron chi connectivity index (χ0n) is 24.1. The summed E-state index contributed by atoms with van der Waals surface area (Å²) < 4.78 is 32.5. The summed E-state index contributed by atoms with van der Waals surface area (Å²) in [4.78, 5) is 12.4. The maximum atomic E-state index is 12.9. The molecule has 1 aliphatic carbocycles. The molecule has 43 heavy (non-hydrogen) atoms. The van der Waals surface area contributed by atoms with E-state index in [4.69, 9.17) is 39.5 Å². The molecular formula is C32H38Cl3N3O4S. The molecule has 0 radical (unpaired) electrons. The molecule has 7 nitrogen and oxygen atoms in total. The smallest absolute Gasteiger partial charge is 0.246 e. The summed E-state index contributed by atoms with van der Waals surface area (Å²) in [5.41, 5.74) is 2.61. The van der Waals surface area contributed by atoms with Crippen molar-refractivity contribution in [2.75, 3.05) is 33.4 Å². The fourth-order valence-electron chi connectivity index (χ4n) is 5.51. The molecule has 0 heterocycles. The van der Waals surface area contributed by atoms with Crippen molar-refractivity contribution in [2.24, 2.45) is 5.92 Å². The lowest BCUT2D eigenvalue weighted by Crippen LogP contribution is -2.42. The van der Waals surface area contributed by atoms with Crippen LogP contribution in [0.4, 0.5) is 0 Å². The van der Waals surface area contributed by atoms with Crippen molar-refractivity contribution in [3.8, 4) is 0 Å². The van der Waals surface area contributed by atoms with Crippen molar-refractivity contribution in [1.29, 1.82) is 0 Å². The van der Waals surface area contributed by atoms with Crippen LogP contribution in [0.2, 0.25) is 15.1 Å². The van der Waals surface area contributed by atoms with Crippen molar-refractivity contribution < 1.29 is 17.9 Å². The number of likely N-dealkylation sites (N-methyl/N-ethyl adjacent to an activating group) is 1. The third kappa shape index (κ3) is 9.66. The zero-order valence-corrected chi connectivity index (χ0v) is 27.2. The average molecular weight is 667 g/mol. The normalized spacial score (nSPS) is 18.0. The summed E-state index contributed by atoms with van der Waals surface area (Å²) >= 11 is 18.1. The van der Waals surface area contributed by atoms with Gasteiger partial charge in [-0.3, -0.25) is 4.79 Å². The predicted molar refractivity (Wildman–Crippen MR) is 173 cm³/mol. The van der Waals surface area contributed by atoms with Gasteiger partial charge in [-0.25, -0.2) is 8.42 Å². The highest BCUT2D eigenvalue weighted by molar-refractivity contribution is 7.89. The Labute approximate surface area is 269 Å². The molecule has 1 amide bonds. The van der Waals surface area contributed by atoms with Crippen LogP contribution in [0, 0.1) is 5.92 Å². The summed E-state index contributed by atoms with van der Waals surface area (Å²) in [6.07, 6.45) is 4.76. The first kappa shape index (κ1) is 33.7. The number of sulfonamides is 1. The van der Waals surface area contributed by atoms with Gasteiger partial charge in [0, 0.05) is 30.7 Å². The molecule has 4 rings (SSSR count). The van der Waals surface area contributed by atoms with Gasteiger partial charge in [-0.1, -0.05) is 95.5 Å². The van der Waals surface area contributed by atoms with Crippen molar-refractivity contribution >= 4 is 50.7 Å². The monoisotopic (exact) mass is 665 g/mol. The first-order chi connectivity index (χ1) is 20.6. The quantitative estimate of drug-likeness (QED) is 0.191. The van der Waals surface area contributed by atoms with Gasteiger partial charge in [0.15, 0.2) is 0 Å². The van der Waals surface area contributed by atoms with E-state index in [9.17, 15) is 13.2 Å². The molecule has 3 aromatic rings. The van der Waals surface area contributed by atoms with Gasteiger partial charge in [0.25, 0.3) is 0 Å².